The fourth-order valence-corrected chi connectivity index (χ4v) is 2.52. The number of carbonyl (C=O) groups is 2. The zero-order chi connectivity index (χ0) is 15.6. The summed E-state index contributed by atoms with van der Waals surface area (Å²) in [6.45, 7) is 3.97. The monoisotopic (exact) mass is 295 g/mol. The molecule has 3 atom stereocenters. The standard InChI is InChI=1S/C15H18FNO4/c1-9-7-17(8-13(9)15(19)20)14(18)10(2)21-12-5-3-4-11(16)6-12/h3-6,9-10,13H,7-8H2,1-2H3,(H,19,20). The Hall–Kier alpha value is -2.11. The molecule has 114 valence electrons. The lowest BCUT2D eigenvalue weighted by Crippen LogP contribution is -2.39. The van der Waals surface area contributed by atoms with Gasteiger partial charge in [0.2, 0.25) is 0 Å². The number of ether oxygens (including phenoxy) is 1. The minimum Gasteiger partial charge on any atom is -0.481 e. The van der Waals surface area contributed by atoms with Crippen molar-refractivity contribution in [3.05, 3.63) is 30.1 Å². The Morgan fingerprint density at radius 1 is 1.43 bits per heavy atom. The van der Waals surface area contributed by atoms with Gasteiger partial charge in [0.15, 0.2) is 6.10 Å². The lowest BCUT2D eigenvalue weighted by molar-refractivity contribution is -0.142. The Kier molecular flexibility index (Phi) is 4.45. The first-order valence-electron chi connectivity index (χ1n) is 6.82. The molecule has 3 unspecified atom stereocenters. The third-order valence-electron chi connectivity index (χ3n) is 3.70. The Morgan fingerprint density at radius 2 is 2.14 bits per heavy atom. The molecule has 5 nitrogen and oxygen atoms in total. The van der Waals surface area contributed by atoms with Gasteiger partial charge in [0, 0.05) is 19.2 Å². The normalized spacial score (nSPS) is 22.9. The van der Waals surface area contributed by atoms with E-state index in [0.717, 1.165) is 0 Å². The predicted molar refractivity (Wildman–Crippen MR) is 73.4 cm³/mol. The molecule has 2 rings (SSSR count). The van der Waals surface area contributed by atoms with E-state index in [2.05, 4.69) is 0 Å². The zero-order valence-corrected chi connectivity index (χ0v) is 12.0. The van der Waals surface area contributed by atoms with E-state index in [1.807, 2.05) is 6.92 Å². The molecule has 0 aliphatic carbocycles. The van der Waals surface area contributed by atoms with Crippen molar-refractivity contribution in [3.8, 4) is 5.75 Å². The van der Waals surface area contributed by atoms with E-state index in [0.29, 0.717) is 6.54 Å². The van der Waals surface area contributed by atoms with Crippen LogP contribution in [-0.2, 0) is 9.59 Å². The molecule has 0 radical (unpaired) electrons. The van der Waals surface area contributed by atoms with Crippen molar-refractivity contribution in [1.29, 1.82) is 0 Å². The van der Waals surface area contributed by atoms with Gasteiger partial charge in [-0.3, -0.25) is 9.59 Å². The minimum atomic E-state index is -0.892. The van der Waals surface area contributed by atoms with Crippen LogP contribution in [-0.4, -0.2) is 41.1 Å². The van der Waals surface area contributed by atoms with Gasteiger partial charge in [-0.1, -0.05) is 13.0 Å². The second-order valence-corrected chi connectivity index (χ2v) is 5.38. The largest absolute Gasteiger partial charge is 0.481 e. The maximum absolute atomic E-state index is 13.1. The number of carboxylic acids is 1. The van der Waals surface area contributed by atoms with E-state index in [-0.39, 0.29) is 24.1 Å². The molecule has 0 spiro atoms. The quantitative estimate of drug-likeness (QED) is 0.919. The molecule has 1 amide bonds. The van der Waals surface area contributed by atoms with E-state index in [9.17, 15) is 14.0 Å². The summed E-state index contributed by atoms with van der Waals surface area (Å²) in [5, 5.41) is 9.08. The van der Waals surface area contributed by atoms with Crippen LogP contribution in [0, 0.1) is 17.7 Å². The van der Waals surface area contributed by atoms with Crippen LogP contribution >= 0.6 is 0 Å². The van der Waals surface area contributed by atoms with Gasteiger partial charge >= 0.3 is 5.97 Å². The van der Waals surface area contributed by atoms with Crippen molar-refractivity contribution in [3.63, 3.8) is 0 Å². The highest BCUT2D eigenvalue weighted by Crippen LogP contribution is 2.24. The predicted octanol–water partition coefficient (Wildman–Crippen LogP) is 1.77. The molecule has 1 fully saturated rings. The number of amides is 1. The Labute approximate surface area is 122 Å². The van der Waals surface area contributed by atoms with E-state index in [1.54, 1.807) is 13.0 Å². The molecule has 1 N–H and O–H groups in total. The number of halogens is 1. The van der Waals surface area contributed by atoms with Gasteiger partial charge in [-0.15, -0.1) is 0 Å². The van der Waals surface area contributed by atoms with E-state index < -0.39 is 23.8 Å². The van der Waals surface area contributed by atoms with E-state index >= 15 is 0 Å². The van der Waals surface area contributed by atoms with Gasteiger partial charge in [-0.25, -0.2) is 4.39 Å². The number of benzene rings is 1. The highest BCUT2D eigenvalue weighted by molar-refractivity contribution is 5.82. The Balaban J connectivity index is 1.99. The topological polar surface area (TPSA) is 66.8 Å². The SMILES string of the molecule is CC(Oc1cccc(F)c1)C(=O)N1CC(C)C(C(=O)O)C1. The highest BCUT2D eigenvalue weighted by Gasteiger charge is 2.38. The molecule has 0 aromatic heterocycles. The fourth-order valence-electron chi connectivity index (χ4n) is 2.52. The maximum Gasteiger partial charge on any atom is 0.308 e. The second kappa shape index (κ2) is 6.11. The summed E-state index contributed by atoms with van der Waals surface area (Å²) in [4.78, 5) is 24.8. The third kappa shape index (κ3) is 3.51. The van der Waals surface area contributed by atoms with Gasteiger partial charge in [0.25, 0.3) is 5.91 Å². The van der Waals surface area contributed by atoms with Crippen LogP contribution in [0.4, 0.5) is 4.39 Å². The summed E-state index contributed by atoms with van der Waals surface area (Å²) in [7, 11) is 0. The van der Waals surface area contributed by atoms with Crippen LogP contribution in [0.25, 0.3) is 0 Å². The van der Waals surface area contributed by atoms with Crippen LogP contribution in [0.1, 0.15) is 13.8 Å². The number of likely N-dealkylation sites (tertiary alicyclic amines) is 1. The first-order valence-corrected chi connectivity index (χ1v) is 6.82. The molecule has 6 heteroatoms. The number of hydrogen-bond donors (Lipinski definition) is 1. The van der Waals surface area contributed by atoms with Crippen molar-refractivity contribution < 1.29 is 23.8 Å². The summed E-state index contributed by atoms with van der Waals surface area (Å²) < 4.78 is 18.5. The molecule has 21 heavy (non-hydrogen) atoms. The molecular weight excluding hydrogens is 277 g/mol. The average Bonchev–Trinajstić information content (AvgIpc) is 2.80. The molecule has 1 aromatic rings. The van der Waals surface area contributed by atoms with Gasteiger partial charge in [0.1, 0.15) is 11.6 Å². The molecule has 0 saturated carbocycles. The van der Waals surface area contributed by atoms with Crippen molar-refractivity contribution in [2.45, 2.75) is 20.0 Å². The van der Waals surface area contributed by atoms with E-state index in [4.69, 9.17) is 9.84 Å². The number of rotatable bonds is 4. The molecule has 1 aliphatic heterocycles. The minimum absolute atomic E-state index is 0.0900. The van der Waals surface area contributed by atoms with Crippen molar-refractivity contribution >= 4 is 11.9 Å². The number of hydrogen-bond acceptors (Lipinski definition) is 3. The van der Waals surface area contributed by atoms with Gasteiger partial charge in [-0.2, -0.15) is 0 Å². The molecular formula is C15H18FNO4. The van der Waals surface area contributed by atoms with Crippen LogP contribution in [0.2, 0.25) is 0 Å². The third-order valence-corrected chi connectivity index (χ3v) is 3.70. The number of aliphatic carboxylic acids is 1. The first kappa shape index (κ1) is 15.3. The summed E-state index contributed by atoms with van der Waals surface area (Å²) in [5.41, 5.74) is 0. The van der Waals surface area contributed by atoms with Crippen LogP contribution in [0.5, 0.6) is 5.75 Å². The molecule has 1 heterocycles. The summed E-state index contributed by atoms with van der Waals surface area (Å²) in [6, 6.07) is 5.56. The summed E-state index contributed by atoms with van der Waals surface area (Å²) >= 11 is 0. The fraction of sp³-hybridized carbons (Fsp3) is 0.467. The van der Waals surface area contributed by atoms with Crippen molar-refractivity contribution in [2.75, 3.05) is 13.1 Å². The smallest absolute Gasteiger partial charge is 0.308 e. The maximum atomic E-state index is 13.1. The van der Waals surface area contributed by atoms with Crippen LogP contribution < -0.4 is 4.74 Å². The molecule has 1 aromatic carbocycles. The van der Waals surface area contributed by atoms with Gasteiger partial charge in [-0.05, 0) is 25.0 Å². The Morgan fingerprint density at radius 3 is 2.71 bits per heavy atom. The molecule has 1 saturated heterocycles. The number of nitrogens with zero attached hydrogens (tertiary/aromatic N) is 1. The van der Waals surface area contributed by atoms with Gasteiger partial charge in [0.05, 0.1) is 5.92 Å². The average molecular weight is 295 g/mol. The first-order chi connectivity index (χ1) is 9.88. The molecule has 1 aliphatic rings. The second-order valence-electron chi connectivity index (χ2n) is 5.38. The number of carbonyl (C=O) groups excluding carboxylic acids is 1. The zero-order valence-electron chi connectivity index (χ0n) is 12.0. The van der Waals surface area contributed by atoms with Gasteiger partial charge < -0.3 is 14.7 Å². The molecule has 0 bridgehead atoms. The lowest BCUT2D eigenvalue weighted by atomic mass is 9.99. The lowest BCUT2D eigenvalue weighted by Gasteiger charge is -2.21. The summed E-state index contributed by atoms with van der Waals surface area (Å²) in [5.74, 6) is -1.97. The van der Waals surface area contributed by atoms with Crippen LogP contribution in [0.15, 0.2) is 24.3 Å². The number of carboxylic acid groups (broad SMARTS) is 1. The van der Waals surface area contributed by atoms with Crippen LogP contribution in [0.3, 0.4) is 0 Å². The highest BCUT2D eigenvalue weighted by atomic mass is 19.1. The van der Waals surface area contributed by atoms with Crippen molar-refractivity contribution in [2.24, 2.45) is 11.8 Å². The van der Waals surface area contributed by atoms with Crippen molar-refractivity contribution in [1.82, 2.24) is 4.90 Å². The summed E-state index contributed by atoms with van der Waals surface area (Å²) in [6.07, 6.45) is -0.786. The van der Waals surface area contributed by atoms with E-state index in [1.165, 1.54) is 23.1 Å². The Bertz CT molecular complexity index is 548.